The van der Waals surface area contributed by atoms with Crippen molar-refractivity contribution in [1.82, 2.24) is 0 Å². The van der Waals surface area contributed by atoms with Crippen molar-refractivity contribution in [2.75, 3.05) is 6.61 Å². The molecule has 196 valence electrons. The monoisotopic (exact) mass is 486 g/mol. The minimum absolute atomic E-state index is 0.0186. The lowest BCUT2D eigenvalue weighted by atomic mass is 9.64. The summed E-state index contributed by atoms with van der Waals surface area (Å²) in [5.74, 6) is -1.24. The van der Waals surface area contributed by atoms with Crippen LogP contribution < -0.4 is 0 Å². The van der Waals surface area contributed by atoms with Gasteiger partial charge in [-0.15, -0.1) is 0 Å². The van der Waals surface area contributed by atoms with E-state index in [1.54, 1.807) is 5.57 Å². The van der Waals surface area contributed by atoms with Crippen LogP contribution in [0.5, 0.6) is 0 Å². The summed E-state index contributed by atoms with van der Waals surface area (Å²) in [4.78, 5) is 12.4. The molecule has 0 unspecified atom stereocenters. The van der Waals surface area contributed by atoms with Crippen molar-refractivity contribution in [2.45, 2.75) is 104 Å². The highest BCUT2D eigenvalue weighted by atomic mass is 16.6. The van der Waals surface area contributed by atoms with Crippen molar-refractivity contribution in [2.24, 2.45) is 23.2 Å². The van der Waals surface area contributed by atoms with E-state index in [0.29, 0.717) is 11.5 Å². The molecule has 3 aliphatic rings. The molecule has 0 aromatic heterocycles. The molecule has 0 aliphatic heterocycles. The summed E-state index contributed by atoms with van der Waals surface area (Å²) < 4.78 is 11.3. The van der Waals surface area contributed by atoms with Crippen LogP contribution in [0.3, 0.4) is 0 Å². The lowest BCUT2D eigenvalue weighted by Crippen LogP contribution is -2.43. The molecule has 4 atom stereocenters. The molecule has 0 bridgehead atoms. The number of aliphatic hydroxyl groups is 2. The normalized spacial score (nSPS) is 33.7. The molecule has 0 heterocycles. The molecule has 35 heavy (non-hydrogen) atoms. The summed E-state index contributed by atoms with van der Waals surface area (Å²) >= 11 is 0. The fraction of sp³-hybridized carbons (Fsp3) is 0.700. The molecule has 0 spiro atoms. The quantitative estimate of drug-likeness (QED) is 0.249. The average Bonchev–Trinajstić information content (AvgIpc) is 3.13. The number of aliphatic hydroxyl groups excluding tert-OH is 1. The summed E-state index contributed by atoms with van der Waals surface area (Å²) in [7, 11) is 0. The number of hydrogen-bond donors (Lipinski definition) is 2. The van der Waals surface area contributed by atoms with Gasteiger partial charge in [0.15, 0.2) is 5.79 Å². The van der Waals surface area contributed by atoms with E-state index in [1.807, 2.05) is 33.8 Å². The molecule has 5 nitrogen and oxygen atoms in total. The Kier molecular flexibility index (Phi) is 8.88. The molecule has 2 fully saturated rings. The molecule has 5 heteroatoms. The summed E-state index contributed by atoms with van der Waals surface area (Å²) in [6, 6.07) is 0. The number of rotatable bonds is 8. The van der Waals surface area contributed by atoms with Crippen molar-refractivity contribution in [3.05, 3.63) is 47.1 Å². The van der Waals surface area contributed by atoms with Gasteiger partial charge in [0, 0.05) is 12.8 Å². The molecule has 0 saturated heterocycles. The fourth-order valence-corrected chi connectivity index (χ4v) is 6.48. The second kappa shape index (κ2) is 11.1. The van der Waals surface area contributed by atoms with Crippen LogP contribution in [0, 0.1) is 23.2 Å². The Morgan fingerprint density at radius 1 is 1.26 bits per heavy atom. The first kappa shape index (κ1) is 27.9. The highest BCUT2D eigenvalue weighted by Crippen LogP contribution is 2.55. The maximum Gasteiger partial charge on any atom is 0.332 e. The van der Waals surface area contributed by atoms with Crippen molar-refractivity contribution in [3.63, 3.8) is 0 Å². The molecule has 3 rings (SSSR count). The van der Waals surface area contributed by atoms with Gasteiger partial charge in [-0.3, -0.25) is 0 Å². The molecule has 2 N–H and O–H groups in total. The molecule has 0 aromatic carbocycles. The van der Waals surface area contributed by atoms with Gasteiger partial charge in [-0.05, 0) is 66.4 Å². The Labute approximate surface area is 212 Å². The van der Waals surface area contributed by atoms with Crippen LogP contribution in [0.15, 0.2) is 47.1 Å². The van der Waals surface area contributed by atoms with E-state index in [2.05, 4.69) is 32.6 Å². The van der Waals surface area contributed by atoms with Crippen LogP contribution in [0.1, 0.15) is 86.5 Å². The number of hydrogen-bond acceptors (Lipinski definition) is 5. The summed E-state index contributed by atoms with van der Waals surface area (Å²) in [5.41, 5.74) is 4.62. The standard InChI is InChI=1S/C30H46O5/c1-8-24-13-14-25-22(10-9-15-29(24,25)7)11-12-23-16-30(33,17-26(31)21(23)6)34-18-27(32)35-28(19(2)3)20(4)5/h11-13,19-20,25-26,28,31,33H,6,8-10,14-18H2,1-5,7H3/t25-,26-,29+,30-/m0/s1. The molecular formula is C30H46O5. The van der Waals surface area contributed by atoms with Crippen LogP contribution >= 0.6 is 0 Å². The van der Waals surface area contributed by atoms with Gasteiger partial charge in [-0.2, -0.15) is 0 Å². The second-order valence-electron chi connectivity index (χ2n) is 11.7. The van der Waals surface area contributed by atoms with Crippen molar-refractivity contribution >= 4 is 5.97 Å². The number of ether oxygens (including phenoxy) is 2. The van der Waals surface area contributed by atoms with E-state index in [9.17, 15) is 15.0 Å². The third-order valence-corrected chi connectivity index (χ3v) is 8.43. The Hall–Kier alpha value is -1.69. The number of fused-ring (bicyclic) bond motifs is 1. The Morgan fingerprint density at radius 2 is 1.94 bits per heavy atom. The van der Waals surface area contributed by atoms with Crippen LogP contribution in [0.2, 0.25) is 0 Å². The first-order valence-corrected chi connectivity index (χ1v) is 13.4. The lowest BCUT2D eigenvalue weighted by Gasteiger charge is -2.41. The first-order valence-electron chi connectivity index (χ1n) is 13.4. The van der Waals surface area contributed by atoms with Gasteiger partial charge in [-0.25, -0.2) is 4.79 Å². The lowest BCUT2D eigenvalue weighted by molar-refractivity contribution is -0.227. The molecular weight excluding hydrogens is 440 g/mol. The van der Waals surface area contributed by atoms with Crippen LogP contribution in [-0.4, -0.2) is 40.8 Å². The first-order chi connectivity index (χ1) is 16.4. The third-order valence-electron chi connectivity index (χ3n) is 8.43. The zero-order valence-electron chi connectivity index (χ0n) is 22.6. The average molecular weight is 487 g/mol. The van der Waals surface area contributed by atoms with Crippen molar-refractivity contribution in [3.8, 4) is 0 Å². The Morgan fingerprint density at radius 3 is 2.57 bits per heavy atom. The maximum atomic E-state index is 12.4. The third kappa shape index (κ3) is 6.18. The van der Waals surface area contributed by atoms with E-state index in [0.717, 1.165) is 24.8 Å². The maximum absolute atomic E-state index is 12.4. The fourth-order valence-electron chi connectivity index (χ4n) is 6.48. The second-order valence-corrected chi connectivity index (χ2v) is 11.7. The van der Waals surface area contributed by atoms with E-state index < -0.39 is 17.9 Å². The van der Waals surface area contributed by atoms with Crippen LogP contribution in [0.25, 0.3) is 0 Å². The number of esters is 1. The van der Waals surface area contributed by atoms with Crippen LogP contribution in [0.4, 0.5) is 0 Å². The largest absolute Gasteiger partial charge is 0.460 e. The van der Waals surface area contributed by atoms with Gasteiger partial charge in [0.1, 0.15) is 12.7 Å². The zero-order valence-corrected chi connectivity index (χ0v) is 22.6. The van der Waals surface area contributed by atoms with E-state index >= 15 is 0 Å². The molecule has 2 saturated carbocycles. The number of carbonyl (C=O) groups is 1. The van der Waals surface area contributed by atoms with Gasteiger partial charge in [0.05, 0.1) is 6.10 Å². The summed E-state index contributed by atoms with van der Waals surface area (Å²) in [6.45, 7) is 16.4. The smallest absolute Gasteiger partial charge is 0.332 e. The minimum atomic E-state index is -1.64. The number of allylic oxidation sites excluding steroid dienone is 5. The molecule has 0 radical (unpaired) electrons. The van der Waals surface area contributed by atoms with Crippen molar-refractivity contribution < 1.29 is 24.5 Å². The highest BCUT2D eigenvalue weighted by Gasteiger charge is 2.44. The summed E-state index contributed by atoms with van der Waals surface area (Å²) in [5, 5.41) is 21.7. The predicted octanol–water partition coefficient (Wildman–Crippen LogP) is 6.03. The van der Waals surface area contributed by atoms with E-state index in [-0.39, 0.29) is 42.8 Å². The highest BCUT2D eigenvalue weighted by molar-refractivity contribution is 5.71. The van der Waals surface area contributed by atoms with E-state index in [4.69, 9.17) is 9.47 Å². The molecule has 0 amide bonds. The van der Waals surface area contributed by atoms with Gasteiger partial charge in [-0.1, -0.05) is 77.5 Å². The minimum Gasteiger partial charge on any atom is -0.460 e. The predicted molar refractivity (Wildman–Crippen MR) is 139 cm³/mol. The Bertz CT molecular complexity index is 886. The van der Waals surface area contributed by atoms with E-state index in [1.165, 1.54) is 18.4 Å². The van der Waals surface area contributed by atoms with Gasteiger partial charge in [0.25, 0.3) is 0 Å². The van der Waals surface area contributed by atoms with Crippen molar-refractivity contribution in [1.29, 1.82) is 0 Å². The molecule has 0 aromatic rings. The molecule has 3 aliphatic carbocycles. The van der Waals surface area contributed by atoms with Gasteiger partial charge in [0.2, 0.25) is 0 Å². The summed E-state index contributed by atoms with van der Waals surface area (Å²) in [6.07, 6.45) is 11.3. The number of carbonyl (C=O) groups excluding carboxylic acids is 1. The Balaban J connectivity index is 1.70. The topological polar surface area (TPSA) is 76.0 Å². The van der Waals surface area contributed by atoms with Gasteiger partial charge < -0.3 is 19.7 Å². The van der Waals surface area contributed by atoms with Gasteiger partial charge >= 0.3 is 5.97 Å². The SMILES string of the molecule is C=C1C(=CC=C2CCC[C@]3(C)C(CC)=CC[C@@H]23)C[C@](O)(OCC(=O)OC(C(C)C)C(C)C)C[C@@H]1O. The van der Waals surface area contributed by atoms with Crippen LogP contribution in [-0.2, 0) is 14.3 Å². The zero-order chi connectivity index (χ0) is 26.0.